The highest BCUT2D eigenvalue weighted by molar-refractivity contribution is 5.05. The third-order valence-corrected chi connectivity index (χ3v) is 2.29. The third-order valence-electron chi connectivity index (χ3n) is 2.29. The molecule has 16 heavy (non-hydrogen) atoms. The first-order chi connectivity index (χ1) is 7.63. The van der Waals surface area contributed by atoms with Gasteiger partial charge in [0.25, 0.3) is 5.56 Å². The SMILES string of the molecule is COc1ccc(=O)n(CCCCC(C)O)n1. The summed E-state index contributed by atoms with van der Waals surface area (Å²) in [5.41, 5.74) is -0.127. The molecule has 0 aliphatic heterocycles. The molecular formula is C11H18N2O3. The van der Waals surface area contributed by atoms with Crippen molar-refractivity contribution in [2.24, 2.45) is 0 Å². The molecule has 0 saturated heterocycles. The van der Waals surface area contributed by atoms with E-state index in [1.807, 2.05) is 0 Å². The lowest BCUT2D eigenvalue weighted by Crippen LogP contribution is -2.22. The Morgan fingerprint density at radius 2 is 2.25 bits per heavy atom. The summed E-state index contributed by atoms with van der Waals surface area (Å²) in [6.07, 6.45) is 2.17. The highest BCUT2D eigenvalue weighted by Crippen LogP contribution is 2.03. The molecule has 1 aromatic rings. The summed E-state index contributed by atoms with van der Waals surface area (Å²) in [5.74, 6) is 0.440. The summed E-state index contributed by atoms with van der Waals surface area (Å²) in [5, 5.41) is 13.1. The van der Waals surface area contributed by atoms with Crippen LogP contribution in [0.15, 0.2) is 16.9 Å². The van der Waals surface area contributed by atoms with Crippen molar-refractivity contribution in [2.75, 3.05) is 7.11 Å². The van der Waals surface area contributed by atoms with E-state index in [2.05, 4.69) is 5.10 Å². The molecule has 90 valence electrons. The quantitative estimate of drug-likeness (QED) is 0.729. The third kappa shape index (κ3) is 4.02. The molecule has 0 saturated carbocycles. The molecule has 1 atom stereocenters. The lowest BCUT2D eigenvalue weighted by molar-refractivity contribution is 0.179. The second-order valence-corrected chi connectivity index (χ2v) is 3.78. The van der Waals surface area contributed by atoms with E-state index in [4.69, 9.17) is 9.84 Å². The number of aryl methyl sites for hydroxylation is 1. The van der Waals surface area contributed by atoms with E-state index in [1.165, 1.54) is 17.9 Å². The van der Waals surface area contributed by atoms with Crippen LogP contribution < -0.4 is 10.3 Å². The van der Waals surface area contributed by atoms with E-state index < -0.39 is 0 Å². The number of aliphatic hydroxyl groups is 1. The Bertz CT molecular complexity index is 374. The van der Waals surface area contributed by atoms with Gasteiger partial charge in [-0.2, -0.15) is 0 Å². The molecule has 0 spiro atoms. The Kier molecular flexibility index (Phi) is 4.98. The van der Waals surface area contributed by atoms with Crippen LogP contribution in [0.5, 0.6) is 5.88 Å². The normalized spacial score (nSPS) is 12.4. The average Bonchev–Trinajstić information content (AvgIpc) is 2.26. The van der Waals surface area contributed by atoms with Crippen LogP contribution in [0.3, 0.4) is 0 Å². The molecule has 1 unspecified atom stereocenters. The van der Waals surface area contributed by atoms with E-state index in [0.29, 0.717) is 12.4 Å². The molecule has 0 aliphatic rings. The van der Waals surface area contributed by atoms with Gasteiger partial charge in [-0.25, -0.2) is 4.68 Å². The largest absolute Gasteiger partial charge is 0.480 e. The number of hydrogen-bond acceptors (Lipinski definition) is 4. The number of hydrogen-bond donors (Lipinski definition) is 1. The fourth-order valence-electron chi connectivity index (χ4n) is 1.40. The lowest BCUT2D eigenvalue weighted by atomic mass is 10.2. The first-order valence-electron chi connectivity index (χ1n) is 5.43. The molecule has 5 nitrogen and oxygen atoms in total. The van der Waals surface area contributed by atoms with Crippen molar-refractivity contribution in [3.63, 3.8) is 0 Å². The van der Waals surface area contributed by atoms with Gasteiger partial charge < -0.3 is 9.84 Å². The zero-order valence-electron chi connectivity index (χ0n) is 9.72. The predicted molar refractivity (Wildman–Crippen MR) is 60.6 cm³/mol. The predicted octanol–water partition coefficient (Wildman–Crippen LogP) is 0.803. The van der Waals surface area contributed by atoms with E-state index in [-0.39, 0.29) is 11.7 Å². The van der Waals surface area contributed by atoms with E-state index >= 15 is 0 Å². The Morgan fingerprint density at radius 1 is 1.50 bits per heavy atom. The molecule has 1 N–H and O–H groups in total. The van der Waals surface area contributed by atoms with Gasteiger partial charge in [0, 0.05) is 18.7 Å². The van der Waals surface area contributed by atoms with Crippen molar-refractivity contribution in [2.45, 2.75) is 38.8 Å². The van der Waals surface area contributed by atoms with Gasteiger partial charge in [0.2, 0.25) is 5.88 Å². The molecule has 1 aromatic heterocycles. The summed E-state index contributed by atoms with van der Waals surface area (Å²) in [6.45, 7) is 2.32. The fraction of sp³-hybridized carbons (Fsp3) is 0.636. The topological polar surface area (TPSA) is 64.3 Å². The van der Waals surface area contributed by atoms with Crippen LogP contribution in [-0.4, -0.2) is 28.1 Å². The Labute approximate surface area is 94.7 Å². The minimum atomic E-state index is -0.282. The van der Waals surface area contributed by atoms with Crippen molar-refractivity contribution in [1.29, 1.82) is 0 Å². The summed E-state index contributed by atoms with van der Waals surface area (Å²) in [6, 6.07) is 3.00. The van der Waals surface area contributed by atoms with Gasteiger partial charge in [0.05, 0.1) is 13.2 Å². The van der Waals surface area contributed by atoms with Crippen molar-refractivity contribution in [1.82, 2.24) is 9.78 Å². The molecule has 0 aromatic carbocycles. The zero-order valence-corrected chi connectivity index (χ0v) is 9.72. The van der Waals surface area contributed by atoms with Crippen LogP contribution in [0.2, 0.25) is 0 Å². The average molecular weight is 226 g/mol. The summed E-state index contributed by atoms with van der Waals surface area (Å²) >= 11 is 0. The number of rotatable bonds is 6. The maximum absolute atomic E-state index is 11.4. The number of aromatic nitrogens is 2. The number of aliphatic hydroxyl groups excluding tert-OH is 1. The smallest absolute Gasteiger partial charge is 0.266 e. The van der Waals surface area contributed by atoms with Gasteiger partial charge in [-0.05, 0) is 26.2 Å². The second-order valence-electron chi connectivity index (χ2n) is 3.78. The van der Waals surface area contributed by atoms with Gasteiger partial charge in [-0.1, -0.05) is 0 Å². The van der Waals surface area contributed by atoms with Crippen LogP contribution in [0.25, 0.3) is 0 Å². The minimum absolute atomic E-state index is 0.127. The first-order valence-corrected chi connectivity index (χ1v) is 5.43. The van der Waals surface area contributed by atoms with Crippen LogP contribution in [0, 0.1) is 0 Å². The molecular weight excluding hydrogens is 208 g/mol. The Hall–Kier alpha value is -1.36. The van der Waals surface area contributed by atoms with Crippen molar-refractivity contribution in [3.8, 4) is 5.88 Å². The fourth-order valence-corrected chi connectivity index (χ4v) is 1.40. The van der Waals surface area contributed by atoms with Crippen molar-refractivity contribution < 1.29 is 9.84 Å². The molecule has 1 rings (SSSR count). The number of methoxy groups -OCH3 is 1. The molecule has 1 heterocycles. The monoisotopic (exact) mass is 226 g/mol. The molecule has 0 aliphatic carbocycles. The van der Waals surface area contributed by atoms with Gasteiger partial charge in [0.1, 0.15) is 0 Å². The highest BCUT2D eigenvalue weighted by Gasteiger charge is 2.01. The molecule has 0 fully saturated rings. The number of nitrogens with zero attached hydrogens (tertiary/aromatic N) is 2. The number of unbranched alkanes of at least 4 members (excludes halogenated alkanes) is 1. The summed E-state index contributed by atoms with van der Waals surface area (Å²) in [7, 11) is 1.52. The molecule has 0 radical (unpaired) electrons. The number of ether oxygens (including phenoxy) is 1. The van der Waals surface area contributed by atoms with Crippen LogP contribution in [0.4, 0.5) is 0 Å². The minimum Gasteiger partial charge on any atom is -0.480 e. The van der Waals surface area contributed by atoms with E-state index in [1.54, 1.807) is 13.0 Å². The van der Waals surface area contributed by atoms with Gasteiger partial charge in [-0.15, -0.1) is 5.10 Å². The van der Waals surface area contributed by atoms with E-state index in [9.17, 15) is 4.79 Å². The van der Waals surface area contributed by atoms with Crippen LogP contribution in [0.1, 0.15) is 26.2 Å². The van der Waals surface area contributed by atoms with Gasteiger partial charge >= 0.3 is 0 Å². The van der Waals surface area contributed by atoms with Gasteiger partial charge in [0.15, 0.2) is 0 Å². The zero-order chi connectivity index (χ0) is 12.0. The van der Waals surface area contributed by atoms with Crippen molar-refractivity contribution >= 4 is 0 Å². The molecule has 5 heteroatoms. The van der Waals surface area contributed by atoms with Crippen molar-refractivity contribution in [3.05, 3.63) is 22.5 Å². The first kappa shape index (κ1) is 12.7. The second kappa shape index (κ2) is 6.27. The molecule has 0 bridgehead atoms. The standard InChI is InChI=1S/C11H18N2O3/c1-9(14)5-3-4-8-13-11(15)7-6-10(12-13)16-2/h6-7,9,14H,3-5,8H2,1-2H3. The summed E-state index contributed by atoms with van der Waals surface area (Å²) < 4.78 is 6.33. The maximum atomic E-state index is 11.4. The van der Waals surface area contributed by atoms with E-state index in [0.717, 1.165) is 19.3 Å². The van der Waals surface area contributed by atoms with Gasteiger partial charge in [-0.3, -0.25) is 4.79 Å². The summed E-state index contributed by atoms with van der Waals surface area (Å²) in [4.78, 5) is 11.4. The van der Waals surface area contributed by atoms with Crippen LogP contribution in [-0.2, 0) is 6.54 Å². The lowest BCUT2D eigenvalue weighted by Gasteiger charge is -2.06. The maximum Gasteiger partial charge on any atom is 0.266 e. The Balaban J connectivity index is 2.49. The Morgan fingerprint density at radius 3 is 2.88 bits per heavy atom. The highest BCUT2D eigenvalue weighted by atomic mass is 16.5. The molecule has 0 amide bonds. The van der Waals surface area contributed by atoms with Crippen LogP contribution >= 0.6 is 0 Å².